The molecule has 0 saturated heterocycles. The van der Waals surface area contributed by atoms with Crippen LogP contribution in [0.4, 0.5) is 13.2 Å². The molecule has 19 heavy (non-hydrogen) atoms. The van der Waals surface area contributed by atoms with Crippen LogP contribution in [0.2, 0.25) is 0 Å². The summed E-state index contributed by atoms with van der Waals surface area (Å²) in [7, 11) is 1.73. The number of aliphatic hydroxyl groups excluding tert-OH is 1. The smallest absolute Gasteiger partial charge is 0.384 e. The number of rotatable bonds is 2. The van der Waals surface area contributed by atoms with Crippen molar-refractivity contribution in [1.82, 2.24) is 9.78 Å². The van der Waals surface area contributed by atoms with Crippen LogP contribution >= 0.6 is 0 Å². The van der Waals surface area contributed by atoms with E-state index in [-0.39, 0.29) is 0 Å². The molecule has 1 aromatic heterocycles. The van der Waals surface area contributed by atoms with Gasteiger partial charge in [0.05, 0.1) is 11.8 Å². The first-order valence-electron chi connectivity index (χ1n) is 5.64. The molecule has 1 heterocycles. The number of aliphatic hydroxyl groups is 1. The fourth-order valence-corrected chi connectivity index (χ4v) is 1.82. The Morgan fingerprint density at radius 2 is 1.79 bits per heavy atom. The van der Waals surface area contributed by atoms with Crippen LogP contribution in [0.3, 0.4) is 0 Å². The predicted octanol–water partition coefficient (Wildman–Crippen LogP) is 2.83. The fourth-order valence-electron chi connectivity index (χ4n) is 1.82. The third kappa shape index (κ3) is 2.63. The van der Waals surface area contributed by atoms with Crippen molar-refractivity contribution < 1.29 is 18.3 Å². The molecule has 0 bridgehead atoms. The molecule has 0 spiro atoms. The van der Waals surface area contributed by atoms with Crippen LogP contribution in [-0.2, 0) is 13.2 Å². The number of alkyl halides is 3. The molecule has 0 aliphatic rings. The zero-order valence-corrected chi connectivity index (χ0v) is 10.4. The van der Waals surface area contributed by atoms with Crippen LogP contribution in [0.5, 0.6) is 0 Å². The zero-order valence-electron chi connectivity index (χ0n) is 10.4. The molecule has 1 aromatic carbocycles. The Kier molecular flexibility index (Phi) is 3.36. The van der Waals surface area contributed by atoms with Crippen molar-refractivity contribution in [3.63, 3.8) is 0 Å². The van der Waals surface area contributed by atoms with E-state index >= 15 is 0 Å². The van der Waals surface area contributed by atoms with Gasteiger partial charge >= 0.3 is 6.18 Å². The number of halogens is 3. The number of nitrogens with zero attached hydrogens (tertiary/aromatic N) is 2. The number of aryl methyl sites for hydroxylation is 1. The molecule has 0 saturated carbocycles. The fraction of sp³-hybridized carbons (Fsp3) is 0.308. The van der Waals surface area contributed by atoms with E-state index in [1.54, 1.807) is 18.7 Å². The summed E-state index contributed by atoms with van der Waals surface area (Å²) in [5.74, 6) is 0. The number of hydrogen-bond acceptors (Lipinski definition) is 2. The molecule has 0 radical (unpaired) electrons. The standard InChI is InChI=1S/C13H13F3N2O/c1-8-11(7-17-18(8)2)12(19)9-3-5-10(6-4-9)13(14,15)16/h3-7,12,19H,1-2H3. The van der Waals surface area contributed by atoms with E-state index in [9.17, 15) is 18.3 Å². The number of hydrogen-bond donors (Lipinski definition) is 1. The van der Waals surface area contributed by atoms with Gasteiger partial charge in [0.2, 0.25) is 0 Å². The van der Waals surface area contributed by atoms with E-state index in [1.165, 1.54) is 18.3 Å². The van der Waals surface area contributed by atoms with Crippen LogP contribution < -0.4 is 0 Å². The average Bonchev–Trinajstić information content (AvgIpc) is 2.68. The summed E-state index contributed by atoms with van der Waals surface area (Å²) in [4.78, 5) is 0. The van der Waals surface area contributed by atoms with Crippen molar-refractivity contribution in [3.05, 3.63) is 52.8 Å². The van der Waals surface area contributed by atoms with Crippen molar-refractivity contribution in [3.8, 4) is 0 Å². The maximum Gasteiger partial charge on any atom is 0.416 e. The van der Waals surface area contributed by atoms with Gasteiger partial charge in [-0.15, -0.1) is 0 Å². The lowest BCUT2D eigenvalue weighted by atomic mass is 10.0. The molecule has 0 aliphatic carbocycles. The average molecular weight is 270 g/mol. The third-order valence-corrected chi connectivity index (χ3v) is 3.12. The van der Waals surface area contributed by atoms with Crippen LogP contribution in [0.25, 0.3) is 0 Å². The zero-order chi connectivity index (χ0) is 14.2. The summed E-state index contributed by atoms with van der Waals surface area (Å²) in [5, 5.41) is 14.1. The van der Waals surface area contributed by atoms with Gasteiger partial charge in [0.15, 0.2) is 0 Å². The van der Waals surface area contributed by atoms with E-state index in [0.717, 1.165) is 17.8 Å². The van der Waals surface area contributed by atoms with Crippen LogP contribution in [0, 0.1) is 6.92 Å². The Morgan fingerprint density at radius 3 is 2.21 bits per heavy atom. The Labute approximate surface area is 108 Å². The lowest BCUT2D eigenvalue weighted by molar-refractivity contribution is -0.137. The van der Waals surface area contributed by atoms with Crippen molar-refractivity contribution in [2.45, 2.75) is 19.2 Å². The van der Waals surface area contributed by atoms with Crippen molar-refractivity contribution >= 4 is 0 Å². The van der Waals surface area contributed by atoms with Crippen molar-refractivity contribution in [2.24, 2.45) is 7.05 Å². The normalized spacial score (nSPS) is 13.6. The second-order valence-corrected chi connectivity index (χ2v) is 4.33. The third-order valence-electron chi connectivity index (χ3n) is 3.12. The summed E-state index contributed by atoms with van der Waals surface area (Å²) in [5.41, 5.74) is 1.03. The Bertz CT molecular complexity index is 573. The number of aromatic nitrogens is 2. The van der Waals surface area contributed by atoms with Crippen molar-refractivity contribution in [1.29, 1.82) is 0 Å². The predicted molar refractivity (Wildman–Crippen MR) is 63.5 cm³/mol. The van der Waals surface area contributed by atoms with Gasteiger partial charge < -0.3 is 5.11 Å². The summed E-state index contributed by atoms with van der Waals surface area (Å²) in [6.45, 7) is 1.79. The maximum atomic E-state index is 12.4. The van der Waals surface area contributed by atoms with Gasteiger partial charge in [0.25, 0.3) is 0 Å². The Morgan fingerprint density at radius 1 is 1.21 bits per heavy atom. The van der Waals surface area contributed by atoms with E-state index in [2.05, 4.69) is 5.10 Å². The van der Waals surface area contributed by atoms with Crippen LogP contribution in [-0.4, -0.2) is 14.9 Å². The minimum absolute atomic E-state index is 0.407. The molecule has 2 rings (SSSR count). The highest BCUT2D eigenvalue weighted by Gasteiger charge is 2.30. The monoisotopic (exact) mass is 270 g/mol. The second-order valence-electron chi connectivity index (χ2n) is 4.33. The van der Waals surface area contributed by atoms with E-state index in [0.29, 0.717) is 11.1 Å². The highest BCUT2D eigenvalue weighted by atomic mass is 19.4. The quantitative estimate of drug-likeness (QED) is 0.911. The van der Waals surface area contributed by atoms with Gasteiger partial charge in [-0.3, -0.25) is 4.68 Å². The molecule has 102 valence electrons. The highest BCUT2D eigenvalue weighted by Crippen LogP contribution is 2.31. The van der Waals surface area contributed by atoms with Crippen LogP contribution in [0.1, 0.15) is 28.5 Å². The molecule has 6 heteroatoms. The van der Waals surface area contributed by atoms with Crippen LogP contribution in [0.15, 0.2) is 30.5 Å². The van der Waals surface area contributed by atoms with Gasteiger partial charge in [-0.1, -0.05) is 12.1 Å². The molecule has 0 aliphatic heterocycles. The minimum atomic E-state index is -4.37. The first-order valence-corrected chi connectivity index (χ1v) is 5.64. The molecule has 3 nitrogen and oxygen atoms in total. The van der Waals surface area contributed by atoms with Gasteiger partial charge in [0, 0.05) is 18.3 Å². The van der Waals surface area contributed by atoms with Gasteiger partial charge in [-0.05, 0) is 24.6 Å². The lowest BCUT2D eigenvalue weighted by Crippen LogP contribution is -2.06. The molecular formula is C13H13F3N2O. The SMILES string of the molecule is Cc1c(C(O)c2ccc(C(F)(F)F)cc2)cnn1C. The summed E-state index contributed by atoms with van der Waals surface area (Å²) >= 11 is 0. The largest absolute Gasteiger partial charge is 0.416 e. The maximum absolute atomic E-state index is 12.4. The van der Waals surface area contributed by atoms with E-state index in [4.69, 9.17) is 0 Å². The summed E-state index contributed by atoms with van der Waals surface area (Å²) < 4.78 is 38.9. The van der Waals surface area contributed by atoms with Crippen molar-refractivity contribution in [2.75, 3.05) is 0 Å². The topological polar surface area (TPSA) is 38.1 Å². The molecule has 1 atom stereocenters. The lowest BCUT2D eigenvalue weighted by Gasteiger charge is -2.12. The molecule has 2 aromatic rings. The Balaban J connectivity index is 2.30. The number of benzene rings is 1. The molecule has 0 amide bonds. The first-order chi connectivity index (χ1) is 8.80. The van der Waals surface area contributed by atoms with Gasteiger partial charge in [-0.2, -0.15) is 18.3 Å². The molecular weight excluding hydrogens is 257 g/mol. The summed E-state index contributed by atoms with van der Waals surface area (Å²) in [6, 6.07) is 4.48. The second kappa shape index (κ2) is 4.70. The summed E-state index contributed by atoms with van der Waals surface area (Å²) in [6.07, 6.45) is -3.83. The first kappa shape index (κ1) is 13.6. The minimum Gasteiger partial charge on any atom is -0.384 e. The molecule has 1 N–H and O–H groups in total. The molecule has 1 unspecified atom stereocenters. The Hall–Kier alpha value is -1.82. The van der Waals surface area contributed by atoms with E-state index < -0.39 is 17.8 Å². The van der Waals surface area contributed by atoms with E-state index in [1.807, 2.05) is 0 Å². The van der Waals surface area contributed by atoms with Gasteiger partial charge in [-0.25, -0.2) is 0 Å². The molecule has 0 fully saturated rings. The highest BCUT2D eigenvalue weighted by molar-refractivity contribution is 5.33. The van der Waals surface area contributed by atoms with Gasteiger partial charge in [0.1, 0.15) is 6.10 Å².